The minimum atomic E-state index is 0.703. The number of rotatable bonds is 6. The van der Waals surface area contributed by atoms with Gasteiger partial charge in [0.2, 0.25) is 0 Å². The molecule has 0 aliphatic heterocycles. The molecule has 1 aromatic carbocycles. The normalized spacial score (nSPS) is 31.0. The summed E-state index contributed by atoms with van der Waals surface area (Å²) in [5.41, 5.74) is 1.54. The van der Waals surface area contributed by atoms with Gasteiger partial charge in [0, 0.05) is 12.6 Å². The van der Waals surface area contributed by atoms with Crippen molar-refractivity contribution in [1.82, 2.24) is 5.32 Å². The lowest BCUT2D eigenvalue weighted by atomic mass is 9.73. The fourth-order valence-corrected chi connectivity index (χ4v) is 4.37. The van der Waals surface area contributed by atoms with Gasteiger partial charge >= 0.3 is 0 Å². The third kappa shape index (κ3) is 4.57. The van der Waals surface area contributed by atoms with Crippen molar-refractivity contribution in [2.24, 2.45) is 17.8 Å². The highest BCUT2D eigenvalue weighted by atomic mass is 14.9. The molecule has 116 valence electrons. The van der Waals surface area contributed by atoms with Crippen LogP contribution < -0.4 is 5.32 Å². The molecule has 3 rings (SSSR count). The van der Waals surface area contributed by atoms with E-state index in [-0.39, 0.29) is 0 Å². The van der Waals surface area contributed by atoms with Crippen molar-refractivity contribution in [2.45, 2.75) is 64.3 Å². The first-order chi connectivity index (χ1) is 10.2. The lowest BCUT2D eigenvalue weighted by Crippen LogP contribution is -2.27. The predicted molar refractivity (Wildman–Crippen MR) is 90.5 cm³/mol. The van der Waals surface area contributed by atoms with E-state index in [1.54, 1.807) is 0 Å². The van der Waals surface area contributed by atoms with Crippen LogP contribution >= 0.6 is 0 Å². The Morgan fingerprint density at radius 3 is 2.29 bits per heavy atom. The molecule has 0 aromatic heterocycles. The molecule has 3 unspecified atom stereocenters. The van der Waals surface area contributed by atoms with Crippen molar-refractivity contribution in [3.05, 3.63) is 35.9 Å². The van der Waals surface area contributed by atoms with Gasteiger partial charge in [-0.1, -0.05) is 44.2 Å². The monoisotopic (exact) mass is 285 g/mol. The van der Waals surface area contributed by atoms with E-state index in [4.69, 9.17) is 0 Å². The van der Waals surface area contributed by atoms with Gasteiger partial charge in [-0.05, 0) is 67.8 Å². The predicted octanol–water partition coefficient (Wildman–Crippen LogP) is 4.98. The summed E-state index contributed by atoms with van der Waals surface area (Å²) in [7, 11) is 0. The van der Waals surface area contributed by atoms with Crippen LogP contribution in [0.1, 0.15) is 63.9 Å². The molecule has 0 saturated heterocycles. The van der Waals surface area contributed by atoms with Crippen LogP contribution in [0.15, 0.2) is 30.3 Å². The van der Waals surface area contributed by atoms with E-state index in [1.165, 1.54) is 50.6 Å². The highest BCUT2D eigenvalue weighted by molar-refractivity contribution is 5.20. The second-order valence-corrected chi connectivity index (χ2v) is 7.81. The molecule has 2 aliphatic carbocycles. The zero-order chi connectivity index (χ0) is 14.7. The second-order valence-electron chi connectivity index (χ2n) is 7.81. The Balaban J connectivity index is 1.63. The average molecular weight is 285 g/mol. The zero-order valence-corrected chi connectivity index (χ0v) is 13.7. The van der Waals surface area contributed by atoms with Crippen LogP contribution in [0.4, 0.5) is 0 Å². The van der Waals surface area contributed by atoms with Gasteiger partial charge in [0.05, 0.1) is 0 Å². The minimum absolute atomic E-state index is 0.703. The largest absolute Gasteiger partial charge is 0.313 e. The van der Waals surface area contributed by atoms with Crippen LogP contribution in [0, 0.1) is 17.8 Å². The lowest BCUT2D eigenvalue weighted by molar-refractivity contribution is 0.200. The second kappa shape index (κ2) is 6.96. The Bertz CT molecular complexity index is 413. The Labute approximate surface area is 130 Å². The summed E-state index contributed by atoms with van der Waals surface area (Å²) >= 11 is 0. The molecule has 0 bridgehead atoms. The summed E-state index contributed by atoms with van der Waals surface area (Å²) in [5.74, 6) is 3.47. The minimum Gasteiger partial charge on any atom is -0.313 e. The van der Waals surface area contributed by atoms with Crippen LogP contribution in [-0.2, 0) is 0 Å². The summed E-state index contributed by atoms with van der Waals surface area (Å²) in [4.78, 5) is 0. The number of hydrogen-bond acceptors (Lipinski definition) is 1. The number of hydrogen-bond donors (Lipinski definition) is 1. The molecule has 0 spiro atoms. The molecule has 2 fully saturated rings. The Morgan fingerprint density at radius 2 is 1.67 bits per heavy atom. The van der Waals surface area contributed by atoms with Crippen molar-refractivity contribution in [3.63, 3.8) is 0 Å². The van der Waals surface area contributed by atoms with E-state index < -0.39 is 0 Å². The topological polar surface area (TPSA) is 12.0 Å². The molecule has 0 amide bonds. The van der Waals surface area contributed by atoms with Gasteiger partial charge in [-0.25, -0.2) is 0 Å². The fourth-order valence-electron chi connectivity index (χ4n) is 4.37. The van der Waals surface area contributed by atoms with Crippen LogP contribution in [0.3, 0.4) is 0 Å². The summed E-state index contributed by atoms with van der Waals surface area (Å²) in [6.45, 7) is 6.07. The maximum Gasteiger partial charge on any atom is 0.00684 e. The zero-order valence-electron chi connectivity index (χ0n) is 13.7. The molecule has 0 radical (unpaired) electrons. The molecule has 0 heterocycles. The van der Waals surface area contributed by atoms with Crippen LogP contribution in [0.2, 0.25) is 0 Å². The molecule has 1 nitrogen and oxygen atoms in total. The van der Waals surface area contributed by atoms with Gasteiger partial charge in [0.15, 0.2) is 0 Å². The van der Waals surface area contributed by atoms with Crippen molar-refractivity contribution >= 4 is 0 Å². The summed E-state index contributed by atoms with van der Waals surface area (Å²) < 4.78 is 0. The summed E-state index contributed by atoms with van der Waals surface area (Å²) in [6.07, 6.45) is 8.47. The molecule has 2 saturated carbocycles. The van der Waals surface area contributed by atoms with Crippen LogP contribution in [-0.4, -0.2) is 12.6 Å². The summed E-state index contributed by atoms with van der Waals surface area (Å²) in [5, 5.41) is 3.77. The molecule has 2 aliphatic rings. The smallest absolute Gasteiger partial charge is 0.00684 e. The van der Waals surface area contributed by atoms with Crippen molar-refractivity contribution in [3.8, 4) is 0 Å². The molecular formula is C20H31N. The lowest BCUT2D eigenvalue weighted by Gasteiger charge is -2.34. The standard InChI is InChI=1S/C20H31N/c1-15-10-16(2)12-17(11-15)13-19(14-21-20-8-9-20)18-6-4-3-5-7-18/h3-7,15-17,19-21H,8-14H2,1-2H3. The quantitative estimate of drug-likeness (QED) is 0.777. The maximum atomic E-state index is 3.77. The molecule has 1 aromatic rings. The van der Waals surface area contributed by atoms with Crippen molar-refractivity contribution < 1.29 is 0 Å². The van der Waals surface area contributed by atoms with Crippen LogP contribution in [0.5, 0.6) is 0 Å². The maximum absolute atomic E-state index is 3.77. The SMILES string of the molecule is CC1CC(C)CC(CC(CNC2CC2)c2ccccc2)C1. The Kier molecular flexibility index (Phi) is 5.00. The molecule has 3 atom stereocenters. The molecular weight excluding hydrogens is 254 g/mol. The first-order valence-electron chi connectivity index (χ1n) is 8.99. The fraction of sp³-hybridized carbons (Fsp3) is 0.700. The number of benzene rings is 1. The van der Waals surface area contributed by atoms with E-state index in [1.807, 2.05) is 0 Å². The first kappa shape index (κ1) is 15.1. The first-order valence-corrected chi connectivity index (χ1v) is 8.99. The van der Waals surface area contributed by atoms with Gasteiger partial charge < -0.3 is 5.32 Å². The third-order valence-corrected chi connectivity index (χ3v) is 5.40. The number of nitrogens with one attached hydrogen (secondary N) is 1. The van der Waals surface area contributed by atoms with Gasteiger partial charge in [0.25, 0.3) is 0 Å². The Hall–Kier alpha value is -0.820. The van der Waals surface area contributed by atoms with Crippen LogP contribution in [0.25, 0.3) is 0 Å². The van der Waals surface area contributed by atoms with Gasteiger partial charge in [-0.3, -0.25) is 0 Å². The highest BCUT2D eigenvalue weighted by Gasteiger charge is 2.28. The molecule has 1 N–H and O–H groups in total. The van der Waals surface area contributed by atoms with Gasteiger partial charge in [-0.2, -0.15) is 0 Å². The highest BCUT2D eigenvalue weighted by Crippen LogP contribution is 2.38. The molecule has 21 heavy (non-hydrogen) atoms. The van der Waals surface area contributed by atoms with E-state index >= 15 is 0 Å². The van der Waals surface area contributed by atoms with E-state index in [0.717, 1.165) is 23.8 Å². The molecule has 1 heteroatoms. The average Bonchev–Trinajstić information content (AvgIpc) is 3.27. The Morgan fingerprint density at radius 1 is 1.00 bits per heavy atom. The summed E-state index contributed by atoms with van der Waals surface area (Å²) in [6, 6.07) is 12.0. The van der Waals surface area contributed by atoms with E-state index in [2.05, 4.69) is 49.5 Å². The van der Waals surface area contributed by atoms with Gasteiger partial charge in [-0.15, -0.1) is 0 Å². The third-order valence-electron chi connectivity index (χ3n) is 5.40. The van der Waals surface area contributed by atoms with E-state index in [9.17, 15) is 0 Å². The van der Waals surface area contributed by atoms with E-state index in [0.29, 0.717) is 5.92 Å². The van der Waals surface area contributed by atoms with Crippen molar-refractivity contribution in [2.75, 3.05) is 6.54 Å². The van der Waals surface area contributed by atoms with Gasteiger partial charge in [0.1, 0.15) is 0 Å². The van der Waals surface area contributed by atoms with Crippen molar-refractivity contribution in [1.29, 1.82) is 0 Å².